The topological polar surface area (TPSA) is 21.3 Å². The Hall–Kier alpha value is -0.730. The lowest BCUT2D eigenvalue weighted by Gasteiger charge is -2.39. The Morgan fingerprint density at radius 2 is 2.14 bits per heavy atom. The largest absolute Gasteiger partial charge is 0.383 e. The number of hydrogen-bond acceptors (Lipinski definition) is 2. The minimum absolute atomic E-state index is 0.355. The maximum atomic E-state index is 6.23. The SMILES string of the molecule is CC1(C)C2CCC1(C)C(OCCNc1cccc(Cl)c1)C2. The summed E-state index contributed by atoms with van der Waals surface area (Å²) in [5.41, 5.74) is 1.84. The van der Waals surface area contributed by atoms with Gasteiger partial charge in [-0.25, -0.2) is 0 Å². The van der Waals surface area contributed by atoms with Crippen LogP contribution in [0.15, 0.2) is 24.3 Å². The van der Waals surface area contributed by atoms with E-state index < -0.39 is 0 Å². The summed E-state index contributed by atoms with van der Waals surface area (Å²) in [7, 11) is 0. The van der Waals surface area contributed by atoms with E-state index in [0.717, 1.165) is 29.8 Å². The number of fused-ring (bicyclic) bond motifs is 2. The van der Waals surface area contributed by atoms with Crippen molar-refractivity contribution < 1.29 is 4.74 Å². The molecular formula is C18H26ClNO. The third-order valence-electron chi connectivity index (χ3n) is 6.29. The van der Waals surface area contributed by atoms with Crippen LogP contribution in [-0.2, 0) is 4.74 Å². The van der Waals surface area contributed by atoms with E-state index >= 15 is 0 Å². The van der Waals surface area contributed by atoms with Crippen LogP contribution in [-0.4, -0.2) is 19.3 Å². The van der Waals surface area contributed by atoms with E-state index in [9.17, 15) is 0 Å². The van der Waals surface area contributed by atoms with Crippen LogP contribution in [0.3, 0.4) is 0 Å². The highest BCUT2D eigenvalue weighted by atomic mass is 35.5. The zero-order valence-corrected chi connectivity index (χ0v) is 14.0. The summed E-state index contributed by atoms with van der Waals surface area (Å²) in [6.07, 6.45) is 4.36. The summed E-state index contributed by atoms with van der Waals surface area (Å²) < 4.78 is 6.23. The molecule has 2 aliphatic rings. The molecule has 0 spiro atoms. The van der Waals surface area contributed by atoms with Crippen LogP contribution in [0.2, 0.25) is 5.02 Å². The molecule has 2 fully saturated rings. The van der Waals surface area contributed by atoms with Gasteiger partial charge in [0.15, 0.2) is 0 Å². The molecule has 2 saturated carbocycles. The van der Waals surface area contributed by atoms with E-state index in [1.54, 1.807) is 0 Å². The molecular weight excluding hydrogens is 282 g/mol. The molecule has 21 heavy (non-hydrogen) atoms. The molecule has 0 amide bonds. The first kappa shape index (κ1) is 15.2. The third kappa shape index (κ3) is 2.57. The quantitative estimate of drug-likeness (QED) is 0.774. The molecule has 0 heterocycles. The lowest BCUT2D eigenvalue weighted by molar-refractivity contribution is -0.0425. The van der Waals surface area contributed by atoms with Gasteiger partial charge in [0, 0.05) is 17.3 Å². The Balaban J connectivity index is 1.49. The summed E-state index contributed by atoms with van der Waals surface area (Å²) >= 11 is 5.98. The highest BCUT2D eigenvalue weighted by Gasteiger charge is 2.61. The average molecular weight is 308 g/mol. The van der Waals surface area contributed by atoms with Crippen molar-refractivity contribution in [2.75, 3.05) is 18.5 Å². The van der Waals surface area contributed by atoms with Crippen LogP contribution in [0.5, 0.6) is 0 Å². The molecule has 2 bridgehead atoms. The molecule has 2 aliphatic carbocycles. The van der Waals surface area contributed by atoms with Gasteiger partial charge < -0.3 is 10.1 Å². The van der Waals surface area contributed by atoms with Gasteiger partial charge in [0.2, 0.25) is 0 Å². The smallest absolute Gasteiger partial charge is 0.0643 e. The molecule has 0 aromatic heterocycles. The summed E-state index contributed by atoms with van der Waals surface area (Å²) in [6.45, 7) is 8.87. The summed E-state index contributed by atoms with van der Waals surface area (Å²) in [4.78, 5) is 0. The molecule has 1 aromatic rings. The fourth-order valence-electron chi connectivity index (χ4n) is 4.38. The van der Waals surface area contributed by atoms with Crippen molar-refractivity contribution in [1.29, 1.82) is 0 Å². The first-order valence-electron chi connectivity index (χ1n) is 8.04. The minimum Gasteiger partial charge on any atom is -0.383 e. The average Bonchev–Trinajstić information content (AvgIpc) is 2.76. The summed E-state index contributed by atoms with van der Waals surface area (Å²) in [6, 6.07) is 7.84. The lowest BCUT2D eigenvalue weighted by atomic mass is 9.70. The van der Waals surface area contributed by atoms with Gasteiger partial charge in [-0.3, -0.25) is 0 Å². The zero-order chi connectivity index (χ0) is 15.1. The lowest BCUT2D eigenvalue weighted by Crippen LogP contribution is -2.37. The van der Waals surface area contributed by atoms with Gasteiger partial charge in [0.25, 0.3) is 0 Å². The first-order valence-corrected chi connectivity index (χ1v) is 8.42. The molecule has 0 radical (unpaired) electrons. The summed E-state index contributed by atoms with van der Waals surface area (Å²) in [5, 5.41) is 4.14. The predicted molar refractivity (Wildman–Crippen MR) is 88.9 cm³/mol. The molecule has 1 N–H and O–H groups in total. The van der Waals surface area contributed by atoms with Crippen molar-refractivity contribution in [3.8, 4) is 0 Å². The van der Waals surface area contributed by atoms with Crippen molar-refractivity contribution in [2.45, 2.75) is 46.1 Å². The molecule has 3 rings (SSSR count). The minimum atomic E-state index is 0.355. The molecule has 116 valence electrons. The van der Waals surface area contributed by atoms with Crippen LogP contribution in [0.1, 0.15) is 40.0 Å². The number of rotatable bonds is 5. The maximum Gasteiger partial charge on any atom is 0.0643 e. The van der Waals surface area contributed by atoms with Crippen molar-refractivity contribution >= 4 is 17.3 Å². The Morgan fingerprint density at radius 1 is 1.33 bits per heavy atom. The molecule has 3 heteroatoms. The second-order valence-electron chi connectivity index (χ2n) is 7.41. The van der Waals surface area contributed by atoms with Crippen molar-refractivity contribution in [3.05, 3.63) is 29.3 Å². The monoisotopic (exact) mass is 307 g/mol. The van der Waals surface area contributed by atoms with Crippen LogP contribution in [0, 0.1) is 16.7 Å². The number of ether oxygens (including phenoxy) is 1. The molecule has 0 saturated heterocycles. The second-order valence-corrected chi connectivity index (χ2v) is 7.84. The number of nitrogens with one attached hydrogen (secondary N) is 1. The van der Waals surface area contributed by atoms with E-state index in [1.165, 1.54) is 19.3 Å². The Kier molecular flexibility index (Phi) is 3.96. The van der Waals surface area contributed by atoms with Gasteiger partial charge in [-0.05, 0) is 54.2 Å². The maximum absolute atomic E-state index is 6.23. The van der Waals surface area contributed by atoms with E-state index in [0.29, 0.717) is 16.9 Å². The first-order chi connectivity index (χ1) is 9.93. The standard InChI is InChI=1S/C18H26ClNO/c1-17(2)13-7-8-18(17,3)16(11-13)21-10-9-20-15-6-4-5-14(19)12-15/h4-6,12-13,16,20H,7-11H2,1-3H3. The molecule has 3 atom stereocenters. The van der Waals surface area contributed by atoms with Gasteiger partial charge in [-0.15, -0.1) is 0 Å². The number of benzene rings is 1. The van der Waals surface area contributed by atoms with Gasteiger partial charge in [-0.1, -0.05) is 38.4 Å². The molecule has 2 nitrogen and oxygen atoms in total. The second kappa shape index (κ2) is 5.48. The van der Waals surface area contributed by atoms with E-state index in [2.05, 4.69) is 26.1 Å². The highest BCUT2D eigenvalue weighted by molar-refractivity contribution is 6.30. The highest BCUT2D eigenvalue weighted by Crippen LogP contribution is 2.66. The predicted octanol–water partition coefficient (Wildman–Crippen LogP) is 4.98. The fraction of sp³-hybridized carbons (Fsp3) is 0.667. The molecule has 3 unspecified atom stereocenters. The summed E-state index contributed by atoms with van der Waals surface area (Å²) in [5.74, 6) is 0.841. The van der Waals surface area contributed by atoms with Crippen molar-refractivity contribution in [2.24, 2.45) is 16.7 Å². The van der Waals surface area contributed by atoms with Gasteiger partial charge >= 0.3 is 0 Å². The number of anilines is 1. The van der Waals surface area contributed by atoms with E-state index in [-0.39, 0.29) is 0 Å². The molecule has 0 aliphatic heterocycles. The number of hydrogen-bond donors (Lipinski definition) is 1. The Labute approximate surface area is 133 Å². The third-order valence-corrected chi connectivity index (χ3v) is 6.52. The van der Waals surface area contributed by atoms with Crippen LogP contribution < -0.4 is 5.32 Å². The van der Waals surface area contributed by atoms with E-state index in [4.69, 9.17) is 16.3 Å². The van der Waals surface area contributed by atoms with Crippen LogP contribution >= 0.6 is 11.6 Å². The van der Waals surface area contributed by atoms with Gasteiger partial charge in [0.05, 0.1) is 12.7 Å². The number of halogens is 1. The van der Waals surface area contributed by atoms with E-state index in [1.807, 2.05) is 24.3 Å². The van der Waals surface area contributed by atoms with Crippen molar-refractivity contribution in [3.63, 3.8) is 0 Å². The Morgan fingerprint density at radius 3 is 2.76 bits per heavy atom. The van der Waals surface area contributed by atoms with Gasteiger partial charge in [-0.2, -0.15) is 0 Å². The van der Waals surface area contributed by atoms with Crippen molar-refractivity contribution in [1.82, 2.24) is 0 Å². The zero-order valence-electron chi connectivity index (χ0n) is 13.3. The van der Waals surface area contributed by atoms with Crippen LogP contribution in [0.4, 0.5) is 5.69 Å². The van der Waals surface area contributed by atoms with Crippen LogP contribution in [0.25, 0.3) is 0 Å². The fourth-order valence-corrected chi connectivity index (χ4v) is 4.57. The normalized spacial score (nSPS) is 33.3. The van der Waals surface area contributed by atoms with Gasteiger partial charge in [0.1, 0.15) is 0 Å². The Bertz CT molecular complexity index is 516. The molecule has 1 aromatic carbocycles.